The summed E-state index contributed by atoms with van der Waals surface area (Å²) in [5.41, 5.74) is 2.15. The number of rotatable bonds is 3. The van der Waals surface area contributed by atoms with Crippen molar-refractivity contribution in [3.8, 4) is 0 Å². The number of amides is 1. The molecule has 6 heteroatoms. The van der Waals surface area contributed by atoms with Gasteiger partial charge in [0.05, 0.1) is 6.54 Å². The van der Waals surface area contributed by atoms with E-state index in [-0.39, 0.29) is 5.91 Å². The van der Waals surface area contributed by atoms with Crippen LogP contribution in [0.15, 0.2) is 54.2 Å². The van der Waals surface area contributed by atoms with Gasteiger partial charge in [0.1, 0.15) is 5.70 Å². The molecule has 2 aromatic rings. The van der Waals surface area contributed by atoms with Crippen molar-refractivity contribution in [2.24, 2.45) is 0 Å². The van der Waals surface area contributed by atoms with Gasteiger partial charge in [0.15, 0.2) is 5.11 Å². The van der Waals surface area contributed by atoms with Gasteiger partial charge in [-0.25, -0.2) is 0 Å². The van der Waals surface area contributed by atoms with Gasteiger partial charge in [-0.2, -0.15) is 0 Å². The van der Waals surface area contributed by atoms with Crippen molar-refractivity contribution in [3.05, 3.63) is 75.4 Å². The van der Waals surface area contributed by atoms with Crippen molar-refractivity contribution < 1.29 is 4.79 Å². The first kappa shape index (κ1) is 16.0. The highest BCUT2D eigenvalue weighted by Crippen LogP contribution is 2.21. The van der Waals surface area contributed by atoms with E-state index in [2.05, 4.69) is 5.32 Å². The lowest BCUT2D eigenvalue weighted by Gasteiger charge is -2.14. The molecule has 1 saturated heterocycles. The number of thiocarbonyl (C=S) groups is 1. The van der Waals surface area contributed by atoms with Crippen LogP contribution in [0.5, 0.6) is 0 Å². The van der Waals surface area contributed by atoms with Crippen LogP contribution in [0.2, 0.25) is 10.0 Å². The van der Waals surface area contributed by atoms with Gasteiger partial charge in [-0.3, -0.25) is 9.69 Å². The maximum Gasteiger partial charge on any atom is 0.276 e. The van der Waals surface area contributed by atoms with E-state index in [0.717, 1.165) is 11.1 Å². The Hall–Kier alpha value is -1.88. The van der Waals surface area contributed by atoms with Crippen molar-refractivity contribution in [2.45, 2.75) is 6.54 Å². The molecular weight excluding hydrogens is 351 g/mol. The number of hydrogen-bond acceptors (Lipinski definition) is 2. The smallest absolute Gasteiger partial charge is 0.276 e. The average Bonchev–Trinajstić information content (AvgIpc) is 2.79. The molecule has 1 aliphatic rings. The van der Waals surface area contributed by atoms with Gasteiger partial charge in [0.25, 0.3) is 5.91 Å². The number of hydrogen-bond donors (Lipinski definition) is 1. The van der Waals surface area contributed by atoms with E-state index < -0.39 is 0 Å². The molecule has 1 aliphatic heterocycles. The molecule has 1 N–H and O–H groups in total. The number of carbonyl (C=O) groups excluding carboxylic acids is 1. The molecule has 3 rings (SSSR count). The molecule has 23 heavy (non-hydrogen) atoms. The van der Waals surface area contributed by atoms with Gasteiger partial charge in [0.2, 0.25) is 0 Å². The highest BCUT2D eigenvalue weighted by atomic mass is 35.5. The standard InChI is InChI=1S/C17H12Cl2N2OS/c18-13-7-5-11(6-8-13)9-15-16(22)21(17(23)20-15)10-12-3-1-2-4-14(12)19/h1-9H,10H2,(H,20,23)/b15-9-. The number of nitrogens with one attached hydrogen (secondary N) is 1. The zero-order valence-corrected chi connectivity index (χ0v) is 14.3. The molecule has 0 saturated carbocycles. The summed E-state index contributed by atoms with van der Waals surface area (Å²) in [6, 6.07) is 14.6. The predicted molar refractivity (Wildman–Crippen MR) is 97.2 cm³/mol. The van der Waals surface area contributed by atoms with Crippen molar-refractivity contribution in [1.29, 1.82) is 0 Å². The minimum absolute atomic E-state index is 0.176. The topological polar surface area (TPSA) is 32.3 Å². The fraction of sp³-hybridized carbons (Fsp3) is 0.0588. The summed E-state index contributed by atoms with van der Waals surface area (Å²) in [6.07, 6.45) is 1.75. The zero-order chi connectivity index (χ0) is 16.4. The third-order valence-corrected chi connectivity index (χ3v) is 4.37. The van der Waals surface area contributed by atoms with Gasteiger partial charge in [-0.05, 0) is 47.6 Å². The number of nitrogens with zero attached hydrogens (tertiary/aromatic N) is 1. The Kier molecular flexibility index (Phi) is 4.66. The second-order valence-corrected chi connectivity index (χ2v) is 6.25. The van der Waals surface area contributed by atoms with Crippen LogP contribution >= 0.6 is 35.4 Å². The summed E-state index contributed by atoms with van der Waals surface area (Å²) in [7, 11) is 0. The first-order valence-electron chi connectivity index (χ1n) is 6.88. The van der Waals surface area contributed by atoms with Crippen molar-refractivity contribution >= 4 is 52.5 Å². The first-order chi connectivity index (χ1) is 11.0. The minimum Gasteiger partial charge on any atom is -0.328 e. The monoisotopic (exact) mass is 362 g/mol. The summed E-state index contributed by atoms with van der Waals surface area (Å²) in [5.74, 6) is -0.176. The molecule has 1 heterocycles. The molecular formula is C17H12Cl2N2OS. The van der Waals surface area contributed by atoms with Crippen LogP contribution in [0.3, 0.4) is 0 Å². The molecule has 0 bridgehead atoms. The SMILES string of the molecule is O=C1/C(=C/c2ccc(Cl)cc2)NC(=S)N1Cc1ccccc1Cl. The molecule has 0 spiro atoms. The first-order valence-corrected chi connectivity index (χ1v) is 8.04. The van der Waals surface area contributed by atoms with Crippen LogP contribution in [0.1, 0.15) is 11.1 Å². The molecule has 1 amide bonds. The van der Waals surface area contributed by atoms with Crippen molar-refractivity contribution in [3.63, 3.8) is 0 Å². The largest absolute Gasteiger partial charge is 0.328 e. The number of carbonyl (C=O) groups is 1. The van der Waals surface area contributed by atoms with Crippen LogP contribution in [0.25, 0.3) is 6.08 Å². The fourth-order valence-corrected chi connectivity index (χ4v) is 2.82. The Morgan fingerprint density at radius 1 is 1.09 bits per heavy atom. The van der Waals surface area contributed by atoms with Gasteiger partial charge < -0.3 is 5.32 Å². The Morgan fingerprint density at radius 2 is 1.78 bits per heavy atom. The Bertz CT molecular complexity index is 802. The maximum atomic E-state index is 12.5. The lowest BCUT2D eigenvalue weighted by molar-refractivity contribution is -0.122. The van der Waals surface area contributed by atoms with E-state index >= 15 is 0 Å². The summed E-state index contributed by atoms with van der Waals surface area (Å²) >= 11 is 17.3. The third-order valence-electron chi connectivity index (χ3n) is 3.43. The normalized spacial score (nSPS) is 16.1. The molecule has 116 valence electrons. The van der Waals surface area contributed by atoms with E-state index in [9.17, 15) is 4.79 Å². The molecule has 0 aromatic heterocycles. The number of benzene rings is 2. The van der Waals surface area contributed by atoms with Crippen LogP contribution in [-0.4, -0.2) is 15.9 Å². The van der Waals surface area contributed by atoms with Crippen LogP contribution in [-0.2, 0) is 11.3 Å². The van der Waals surface area contributed by atoms with E-state index in [4.69, 9.17) is 35.4 Å². The van der Waals surface area contributed by atoms with E-state index in [1.165, 1.54) is 4.90 Å². The van der Waals surface area contributed by atoms with E-state index in [1.54, 1.807) is 24.3 Å². The molecule has 3 nitrogen and oxygen atoms in total. The van der Waals surface area contributed by atoms with E-state index in [0.29, 0.717) is 27.4 Å². The summed E-state index contributed by atoms with van der Waals surface area (Å²) in [4.78, 5) is 14.0. The molecule has 0 aliphatic carbocycles. The van der Waals surface area contributed by atoms with Crippen molar-refractivity contribution in [1.82, 2.24) is 10.2 Å². The van der Waals surface area contributed by atoms with E-state index in [1.807, 2.05) is 30.3 Å². The minimum atomic E-state index is -0.176. The van der Waals surface area contributed by atoms with Crippen molar-refractivity contribution in [2.75, 3.05) is 0 Å². The Balaban J connectivity index is 1.82. The van der Waals surface area contributed by atoms with Crippen LogP contribution in [0.4, 0.5) is 0 Å². The highest BCUT2D eigenvalue weighted by molar-refractivity contribution is 7.80. The third kappa shape index (κ3) is 3.55. The number of halogens is 2. The Morgan fingerprint density at radius 3 is 2.48 bits per heavy atom. The van der Waals surface area contributed by atoms with Crippen LogP contribution in [0, 0.1) is 0 Å². The molecule has 0 atom stereocenters. The van der Waals surface area contributed by atoms with Gasteiger partial charge in [0, 0.05) is 10.0 Å². The van der Waals surface area contributed by atoms with Gasteiger partial charge in [-0.1, -0.05) is 53.5 Å². The molecule has 0 radical (unpaired) electrons. The molecule has 2 aromatic carbocycles. The zero-order valence-electron chi connectivity index (χ0n) is 11.9. The lowest BCUT2D eigenvalue weighted by atomic mass is 10.2. The summed E-state index contributed by atoms with van der Waals surface area (Å²) in [5, 5.41) is 4.58. The lowest BCUT2D eigenvalue weighted by Crippen LogP contribution is -2.30. The average molecular weight is 363 g/mol. The molecule has 1 fully saturated rings. The summed E-state index contributed by atoms with van der Waals surface area (Å²) < 4.78 is 0. The van der Waals surface area contributed by atoms with Gasteiger partial charge >= 0.3 is 0 Å². The predicted octanol–water partition coefficient (Wildman–Crippen LogP) is 4.25. The quantitative estimate of drug-likeness (QED) is 0.654. The highest BCUT2D eigenvalue weighted by Gasteiger charge is 2.30. The Labute approximate surface area is 149 Å². The maximum absolute atomic E-state index is 12.5. The van der Waals surface area contributed by atoms with Crippen LogP contribution < -0.4 is 5.32 Å². The summed E-state index contributed by atoms with van der Waals surface area (Å²) in [6.45, 7) is 0.336. The fourth-order valence-electron chi connectivity index (χ4n) is 2.24. The van der Waals surface area contributed by atoms with Gasteiger partial charge in [-0.15, -0.1) is 0 Å². The molecule has 0 unspecified atom stereocenters. The second kappa shape index (κ2) is 6.71. The second-order valence-electron chi connectivity index (χ2n) is 5.02.